The summed E-state index contributed by atoms with van der Waals surface area (Å²) in [4.78, 5) is 22.1. The zero-order valence-electron chi connectivity index (χ0n) is 15.8. The van der Waals surface area contributed by atoms with Gasteiger partial charge in [-0.25, -0.2) is 9.97 Å². The van der Waals surface area contributed by atoms with Crippen molar-refractivity contribution < 1.29 is 4.42 Å². The van der Waals surface area contributed by atoms with Gasteiger partial charge in [-0.05, 0) is 18.1 Å². The predicted octanol–water partition coefficient (Wildman–Crippen LogP) is 5.00. The van der Waals surface area contributed by atoms with Gasteiger partial charge in [-0.2, -0.15) is 0 Å². The van der Waals surface area contributed by atoms with E-state index in [2.05, 4.69) is 18.8 Å². The fraction of sp³-hybridized carbons (Fsp3) is 0.227. The van der Waals surface area contributed by atoms with Gasteiger partial charge in [0.2, 0.25) is 5.89 Å². The molecule has 2 aromatic carbocycles. The van der Waals surface area contributed by atoms with Gasteiger partial charge < -0.3 is 4.42 Å². The van der Waals surface area contributed by atoms with Gasteiger partial charge in [0.15, 0.2) is 10.9 Å². The molecule has 2 heterocycles. The molecule has 4 aromatic rings. The Bertz CT molecular complexity index is 1150. The normalized spacial score (nSPS) is 11.4. The van der Waals surface area contributed by atoms with E-state index in [1.807, 2.05) is 54.6 Å². The Balaban J connectivity index is 1.62. The molecule has 0 aliphatic rings. The first-order valence-electron chi connectivity index (χ1n) is 9.24. The SMILES string of the molecule is CC(C)Cn1c(SCc2ncc(-c3ccccc3)o2)nc2ccccc2c1=O. The molecular formula is C22H21N3O2S. The predicted molar refractivity (Wildman–Crippen MR) is 112 cm³/mol. The molecule has 0 saturated heterocycles. The van der Waals surface area contributed by atoms with Crippen LogP contribution in [0.5, 0.6) is 0 Å². The van der Waals surface area contributed by atoms with Crippen LogP contribution < -0.4 is 5.56 Å². The van der Waals surface area contributed by atoms with E-state index >= 15 is 0 Å². The molecule has 0 atom stereocenters. The third kappa shape index (κ3) is 3.87. The topological polar surface area (TPSA) is 60.9 Å². The molecule has 0 aliphatic heterocycles. The molecule has 0 saturated carbocycles. The number of aromatic nitrogens is 3. The van der Waals surface area contributed by atoms with Crippen LogP contribution in [0.25, 0.3) is 22.2 Å². The molecule has 0 spiro atoms. The van der Waals surface area contributed by atoms with Gasteiger partial charge in [0.05, 0.1) is 22.9 Å². The minimum atomic E-state index is -0.000760. The van der Waals surface area contributed by atoms with Gasteiger partial charge in [-0.15, -0.1) is 0 Å². The summed E-state index contributed by atoms with van der Waals surface area (Å²) in [5, 5.41) is 1.34. The molecule has 6 heteroatoms. The Morgan fingerprint density at radius 3 is 2.61 bits per heavy atom. The largest absolute Gasteiger partial charge is 0.440 e. The molecule has 0 aliphatic carbocycles. The number of benzene rings is 2. The number of hydrogen-bond donors (Lipinski definition) is 0. The molecule has 2 aromatic heterocycles. The highest BCUT2D eigenvalue weighted by atomic mass is 32.2. The Kier molecular flexibility index (Phi) is 5.30. The van der Waals surface area contributed by atoms with Gasteiger partial charge >= 0.3 is 0 Å². The molecule has 0 fully saturated rings. The summed E-state index contributed by atoms with van der Waals surface area (Å²) in [6, 6.07) is 17.4. The molecule has 0 amide bonds. The second kappa shape index (κ2) is 8.02. The zero-order valence-corrected chi connectivity index (χ0v) is 16.6. The fourth-order valence-corrected chi connectivity index (χ4v) is 3.89. The van der Waals surface area contributed by atoms with E-state index in [9.17, 15) is 4.79 Å². The van der Waals surface area contributed by atoms with Crippen molar-refractivity contribution in [1.82, 2.24) is 14.5 Å². The monoisotopic (exact) mass is 391 g/mol. The van der Waals surface area contributed by atoms with Crippen LogP contribution in [-0.2, 0) is 12.3 Å². The summed E-state index contributed by atoms with van der Waals surface area (Å²) >= 11 is 1.48. The summed E-state index contributed by atoms with van der Waals surface area (Å²) in [6.45, 7) is 4.81. The van der Waals surface area contributed by atoms with Crippen LogP contribution in [0, 0.1) is 5.92 Å². The lowest BCUT2D eigenvalue weighted by molar-refractivity contribution is 0.474. The summed E-state index contributed by atoms with van der Waals surface area (Å²) in [5.41, 5.74) is 1.71. The first kappa shape index (κ1) is 18.5. The zero-order chi connectivity index (χ0) is 19.5. The Hall–Kier alpha value is -2.86. The number of para-hydroxylation sites is 1. The van der Waals surface area contributed by atoms with Crippen molar-refractivity contribution in [1.29, 1.82) is 0 Å². The van der Waals surface area contributed by atoms with Gasteiger partial charge in [0.1, 0.15) is 0 Å². The van der Waals surface area contributed by atoms with Crippen molar-refractivity contribution >= 4 is 22.7 Å². The molecule has 0 bridgehead atoms. The molecule has 0 unspecified atom stereocenters. The minimum absolute atomic E-state index is 0.000760. The number of nitrogens with zero attached hydrogens (tertiary/aromatic N) is 3. The highest BCUT2D eigenvalue weighted by Crippen LogP contribution is 2.25. The van der Waals surface area contributed by atoms with Gasteiger partial charge in [0.25, 0.3) is 5.56 Å². The molecule has 0 N–H and O–H groups in total. The van der Waals surface area contributed by atoms with Crippen LogP contribution in [0.15, 0.2) is 75.2 Å². The number of rotatable bonds is 6. The summed E-state index contributed by atoms with van der Waals surface area (Å²) in [7, 11) is 0. The van der Waals surface area contributed by atoms with Crippen molar-refractivity contribution in [2.24, 2.45) is 5.92 Å². The summed E-state index contributed by atoms with van der Waals surface area (Å²) in [6.07, 6.45) is 1.74. The average molecular weight is 391 g/mol. The first-order valence-corrected chi connectivity index (χ1v) is 10.2. The van der Waals surface area contributed by atoms with Crippen molar-refractivity contribution in [3.8, 4) is 11.3 Å². The van der Waals surface area contributed by atoms with Crippen molar-refractivity contribution in [3.63, 3.8) is 0 Å². The Labute approximate surface area is 167 Å². The van der Waals surface area contributed by atoms with Gasteiger partial charge in [-0.3, -0.25) is 9.36 Å². The van der Waals surface area contributed by atoms with Crippen LogP contribution in [0.4, 0.5) is 0 Å². The average Bonchev–Trinajstić information content (AvgIpc) is 3.18. The van der Waals surface area contributed by atoms with Crippen molar-refractivity contribution in [3.05, 3.63) is 77.0 Å². The minimum Gasteiger partial charge on any atom is -0.440 e. The number of oxazole rings is 1. The summed E-state index contributed by atoms with van der Waals surface area (Å²) < 4.78 is 7.65. The molecule has 4 rings (SSSR count). The Morgan fingerprint density at radius 2 is 1.82 bits per heavy atom. The molecule has 142 valence electrons. The fourth-order valence-electron chi connectivity index (χ4n) is 3.02. The first-order chi connectivity index (χ1) is 13.6. The third-order valence-electron chi connectivity index (χ3n) is 4.31. The molecular weight excluding hydrogens is 370 g/mol. The van der Waals surface area contributed by atoms with E-state index in [0.717, 1.165) is 11.3 Å². The van der Waals surface area contributed by atoms with Gasteiger partial charge in [-0.1, -0.05) is 68.1 Å². The lowest BCUT2D eigenvalue weighted by Gasteiger charge is -2.14. The maximum absolute atomic E-state index is 13.0. The highest BCUT2D eigenvalue weighted by Gasteiger charge is 2.14. The van der Waals surface area contributed by atoms with Crippen LogP contribution in [0.2, 0.25) is 0 Å². The third-order valence-corrected chi connectivity index (χ3v) is 5.27. The quantitative estimate of drug-likeness (QED) is 0.342. The second-order valence-corrected chi connectivity index (χ2v) is 7.94. The van der Waals surface area contributed by atoms with E-state index in [1.54, 1.807) is 10.8 Å². The lowest BCUT2D eigenvalue weighted by atomic mass is 10.2. The molecule has 0 radical (unpaired) electrons. The Morgan fingerprint density at radius 1 is 1.07 bits per heavy atom. The van der Waals surface area contributed by atoms with E-state index in [4.69, 9.17) is 9.40 Å². The van der Waals surface area contributed by atoms with Crippen molar-refractivity contribution in [2.75, 3.05) is 0 Å². The van der Waals surface area contributed by atoms with Crippen LogP contribution in [0.3, 0.4) is 0 Å². The number of hydrogen-bond acceptors (Lipinski definition) is 5. The van der Waals surface area contributed by atoms with E-state index < -0.39 is 0 Å². The number of thioether (sulfide) groups is 1. The highest BCUT2D eigenvalue weighted by molar-refractivity contribution is 7.98. The van der Waals surface area contributed by atoms with Crippen molar-refractivity contribution in [2.45, 2.75) is 31.3 Å². The lowest BCUT2D eigenvalue weighted by Crippen LogP contribution is -2.25. The van der Waals surface area contributed by atoms with Gasteiger partial charge in [0, 0.05) is 12.1 Å². The standard InChI is InChI=1S/C22H21N3O2S/c1-15(2)13-25-21(26)17-10-6-7-11-18(17)24-22(25)28-14-20-23-12-19(27-20)16-8-4-3-5-9-16/h3-12,15H,13-14H2,1-2H3. The molecule has 28 heavy (non-hydrogen) atoms. The smallest absolute Gasteiger partial charge is 0.262 e. The van der Waals surface area contributed by atoms with E-state index in [0.29, 0.717) is 40.2 Å². The van der Waals surface area contributed by atoms with Crippen LogP contribution in [0.1, 0.15) is 19.7 Å². The van der Waals surface area contributed by atoms with E-state index in [1.165, 1.54) is 11.8 Å². The summed E-state index contributed by atoms with van der Waals surface area (Å²) in [5.74, 6) is 2.20. The number of fused-ring (bicyclic) bond motifs is 1. The maximum atomic E-state index is 13.0. The second-order valence-electron chi connectivity index (χ2n) is 6.99. The van der Waals surface area contributed by atoms with Crippen LogP contribution >= 0.6 is 11.8 Å². The maximum Gasteiger partial charge on any atom is 0.262 e. The van der Waals surface area contributed by atoms with Crippen LogP contribution in [-0.4, -0.2) is 14.5 Å². The molecule has 5 nitrogen and oxygen atoms in total. The van der Waals surface area contributed by atoms with E-state index in [-0.39, 0.29) is 5.56 Å².